The molecule has 5 nitrogen and oxygen atoms in total. The largest absolute Gasteiger partial charge is 5.00 e. The summed E-state index contributed by atoms with van der Waals surface area (Å²) in [4.78, 5) is 0. The van der Waals surface area contributed by atoms with Crippen molar-refractivity contribution in [2.75, 3.05) is 0 Å². The first-order valence-corrected chi connectivity index (χ1v) is 0. The Morgan fingerprint density at radius 2 is 0.333 bits per heavy atom. The molecule has 0 saturated heterocycles. The van der Waals surface area contributed by atoms with Crippen LogP contribution in [0.25, 0.3) is 0 Å². The quantitative estimate of drug-likeness (QED) is 0.364. The minimum absolute atomic E-state index is 0. The standard InChI is InChI=1S/5O.2Ta.2Ti/q5*-2;2*+5;;. The second-order valence-electron chi connectivity index (χ2n) is 0. The molecule has 0 bridgehead atoms. The van der Waals surface area contributed by atoms with Crippen LogP contribution < -0.4 is 0 Å². The summed E-state index contributed by atoms with van der Waals surface area (Å²) in [5, 5.41) is 0. The molecule has 0 N–H and O–H groups in total. The van der Waals surface area contributed by atoms with Crippen LogP contribution in [-0.4, -0.2) is 0 Å². The van der Waals surface area contributed by atoms with Crippen molar-refractivity contribution in [3.63, 3.8) is 0 Å². The first-order chi connectivity index (χ1) is 0. The van der Waals surface area contributed by atoms with Crippen LogP contribution in [0.5, 0.6) is 0 Å². The molecule has 0 spiro atoms. The van der Waals surface area contributed by atoms with E-state index >= 15 is 0 Å². The van der Waals surface area contributed by atoms with Crippen LogP contribution in [0.4, 0.5) is 0 Å². The van der Waals surface area contributed by atoms with Crippen LogP contribution in [-0.2, 0) is 116 Å². The molecule has 9 heteroatoms. The molecule has 48 valence electrons. The summed E-state index contributed by atoms with van der Waals surface area (Å²) in [6, 6.07) is 0. The molecular formula is O5Ta2Ti2. The molecule has 0 unspecified atom stereocenters. The maximum atomic E-state index is 0. The average Bonchev–Trinajstić information content (AvgIpc) is 0. The Bertz CT molecular complexity index is 12.9. The second kappa shape index (κ2) is 138. The van der Waals surface area contributed by atoms with Gasteiger partial charge in [-0.15, -0.1) is 0 Å². The fourth-order valence-electron chi connectivity index (χ4n) is 0. The summed E-state index contributed by atoms with van der Waals surface area (Å²) in [7, 11) is 0. The molecular weight excluding hydrogens is 538 g/mol. The summed E-state index contributed by atoms with van der Waals surface area (Å²) in [6.07, 6.45) is 0. The van der Waals surface area contributed by atoms with Gasteiger partial charge in [0.15, 0.2) is 0 Å². The van der Waals surface area contributed by atoms with Crippen LogP contribution >= 0.6 is 0 Å². The molecule has 0 amide bonds. The summed E-state index contributed by atoms with van der Waals surface area (Å²) < 4.78 is 0. The van der Waals surface area contributed by atoms with Gasteiger partial charge in [0.05, 0.1) is 0 Å². The van der Waals surface area contributed by atoms with E-state index in [1.54, 1.807) is 0 Å². The molecule has 0 aromatic heterocycles. The summed E-state index contributed by atoms with van der Waals surface area (Å²) in [6.45, 7) is 0. The Hall–Kier alpha value is 2.71. The van der Waals surface area contributed by atoms with Gasteiger partial charge in [-0.2, -0.15) is 0 Å². The van der Waals surface area contributed by atoms with Crippen molar-refractivity contribution in [2.24, 2.45) is 0 Å². The first-order valence-electron chi connectivity index (χ1n) is 0. The van der Waals surface area contributed by atoms with Gasteiger partial charge in [-0.3, -0.25) is 0 Å². The Morgan fingerprint density at radius 3 is 0.333 bits per heavy atom. The molecule has 0 aliphatic heterocycles. The number of rotatable bonds is 0. The fourth-order valence-corrected chi connectivity index (χ4v) is 0. The van der Waals surface area contributed by atoms with E-state index in [0.29, 0.717) is 0 Å². The second-order valence-corrected chi connectivity index (χ2v) is 0. The minimum atomic E-state index is 0. The first kappa shape index (κ1) is 183. The van der Waals surface area contributed by atoms with E-state index in [4.69, 9.17) is 0 Å². The van der Waals surface area contributed by atoms with Crippen molar-refractivity contribution < 1.29 is 116 Å². The molecule has 0 aliphatic rings. The average molecular weight is 538 g/mol. The minimum Gasteiger partial charge on any atom is -2.00 e. The van der Waals surface area contributed by atoms with Gasteiger partial charge in [-0.1, -0.05) is 0 Å². The van der Waals surface area contributed by atoms with E-state index in [2.05, 4.69) is 0 Å². The van der Waals surface area contributed by atoms with E-state index in [1.807, 2.05) is 0 Å². The number of hydrogen-bond acceptors (Lipinski definition) is 0. The molecule has 0 rings (SSSR count). The summed E-state index contributed by atoms with van der Waals surface area (Å²) >= 11 is 0. The Balaban J connectivity index is 0. The van der Waals surface area contributed by atoms with Gasteiger partial charge in [-0.05, 0) is 0 Å². The third kappa shape index (κ3) is 111. The van der Waals surface area contributed by atoms with Gasteiger partial charge in [-0.25, -0.2) is 0 Å². The molecule has 0 heterocycles. The molecule has 0 aromatic rings. The zero-order chi connectivity index (χ0) is 0. The van der Waals surface area contributed by atoms with Crippen LogP contribution in [0.2, 0.25) is 0 Å². The van der Waals surface area contributed by atoms with Crippen LogP contribution in [0, 0.1) is 0 Å². The Morgan fingerprint density at radius 1 is 0.333 bits per heavy atom. The van der Waals surface area contributed by atoms with Gasteiger partial charge in [0.25, 0.3) is 0 Å². The maximum absolute atomic E-state index is 0. The molecule has 0 saturated carbocycles. The van der Waals surface area contributed by atoms with E-state index in [1.165, 1.54) is 0 Å². The van der Waals surface area contributed by atoms with Crippen molar-refractivity contribution in [3.8, 4) is 0 Å². The molecule has 0 fully saturated rings. The van der Waals surface area contributed by atoms with Crippen LogP contribution in [0.3, 0.4) is 0 Å². The SMILES string of the molecule is [O-2].[O-2].[O-2].[O-2].[O-2].[Ta+5].[Ta+5].[Ti].[Ti]. The van der Waals surface area contributed by atoms with Crippen LogP contribution in [0.1, 0.15) is 0 Å². The molecule has 9 heavy (non-hydrogen) atoms. The molecule has 0 radical (unpaired) electrons. The van der Waals surface area contributed by atoms with E-state index < -0.39 is 0 Å². The Labute approximate surface area is 114 Å². The van der Waals surface area contributed by atoms with Gasteiger partial charge in [0, 0.05) is 43.4 Å². The fraction of sp³-hybridized carbons (Fsp3) is 0. The third-order valence-corrected chi connectivity index (χ3v) is 0. The van der Waals surface area contributed by atoms with Gasteiger partial charge in [0.1, 0.15) is 0 Å². The molecule has 0 atom stereocenters. The normalized spacial score (nSPS) is 0. The number of hydrogen-bond donors (Lipinski definition) is 0. The predicted molar refractivity (Wildman–Crippen MR) is 3.43 cm³/mol. The monoisotopic (exact) mass is 538 g/mol. The van der Waals surface area contributed by atoms with Crippen LogP contribution in [0.15, 0.2) is 0 Å². The van der Waals surface area contributed by atoms with E-state index in [0.717, 1.165) is 0 Å². The maximum Gasteiger partial charge on any atom is 5.00 e. The Kier molecular flexibility index (Phi) is 2800. The topological polar surface area (TPSA) is 142 Å². The zero-order valence-corrected chi connectivity index (χ0v) is 13.5. The van der Waals surface area contributed by atoms with E-state index in [9.17, 15) is 0 Å². The zero-order valence-electron chi connectivity index (χ0n) is 3.94. The third-order valence-electron chi connectivity index (χ3n) is 0. The van der Waals surface area contributed by atoms with Crippen molar-refractivity contribution in [1.29, 1.82) is 0 Å². The molecule has 0 aliphatic carbocycles. The predicted octanol–water partition coefficient (Wildman–Crippen LogP) is -0.604. The summed E-state index contributed by atoms with van der Waals surface area (Å²) in [5.41, 5.74) is 0. The van der Waals surface area contributed by atoms with Gasteiger partial charge in [0.2, 0.25) is 0 Å². The smallest absolute Gasteiger partial charge is 2.00 e. The van der Waals surface area contributed by atoms with Gasteiger partial charge >= 0.3 is 44.8 Å². The summed E-state index contributed by atoms with van der Waals surface area (Å²) in [5.74, 6) is 0. The van der Waals surface area contributed by atoms with E-state index in [-0.39, 0.29) is 116 Å². The van der Waals surface area contributed by atoms with Gasteiger partial charge < -0.3 is 27.4 Å². The molecule has 0 aromatic carbocycles. The van der Waals surface area contributed by atoms with Crippen molar-refractivity contribution in [2.45, 2.75) is 0 Å². The van der Waals surface area contributed by atoms with Crippen molar-refractivity contribution in [1.82, 2.24) is 0 Å². The van der Waals surface area contributed by atoms with Crippen molar-refractivity contribution in [3.05, 3.63) is 0 Å². The van der Waals surface area contributed by atoms with Crippen molar-refractivity contribution >= 4 is 0 Å².